The monoisotopic (exact) mass is 277 g/mol. The van der Waals surface area contributed by atoms with Gasteiger partial charge in [-0.15, -0.1) is 0 Å². The molecule has 2 atom stereocenters. The molecule has 1 saturated heterocycles. The van der Waals surface area contributed by atoms with Gasteiger partial charge in [-0.2, -0.15) is 0 Å². The van der Waals surface area contributed by atoms with E-state index < -0.39 is 0 Å². The average Bonchev–Trinajstić information content (AvgIpc) is 2.86. The SMILES string of the molecule is Cc1ccc(C2CC(=O)CC3c4ccccc4CN23)cc1. The van der Waals surface area contributed by atoms with E-state index in [0.29, 0.717) is 18.6 Å². The molecule has 0 aromatic heterocycles. The van der Waals surface area contributed by atoms with Gasteiger partial charge in [0.15, 0.2) is 0 Å². The molecule has 106 valence electrons. The van der Waals surface area contributed by atoms with Crippen molar-refractivity contribution in [3.63, 3.8) is 0 Å². The number of carbonyl (C=O) groups is 1. The largest absolute Gasteiger partial charge is 0.300 e. The summed E-state index contributed by atoms with van der Waals surface area (Å²) >= 11 is 0. The van der Waals surface area contributed by atoms with E-state index in [2.05, 4.69) is 60.4 Å². The second kappa shape index (κ2) is 4.81. The zero-order valence-electron chi connectivity index (χ0n) is 12.3. The topological polar surface area (TPSA) is 20.3 Å². The van der Waals surface area contributed by atoms with Crippen molar-refractivity contribution in [2.75, 3.05) is 0 Å². The van der Waals surface area contributed by atoms with Crippen LogP contribution in [0.2, 0.25) is 0 Å². The second-order valence-corrected chi connectivity index (χ2v) is 6.26. The van der Waals surface area contributed by atoms with Crippen molar-refractivity contribution in [3.8, 4) is 0 Å². The van der Waals surface area contributed by atoms with Gasteiger partial charge in [0.1, 0.15) is 5.78 Å². The highest BCUT2D eigenvalue weighted by atomic mass is 16.1. The summed E-state index contributed by atoms with van der Waals surface area (Å²) in [5.74, 6) is 0.388. The minimum absolute atomic E-state index is 0.226. The Balaban J connectivity index is 1.73. The summed E-state index contributed by atoms with van der Waals surface area (Å²) in [7, 11) is 0. The van der Waals surface area contributed by atoms with Gasteiger partial charge in [0.25, 0.3) is 0 Å². The fraction of sp³-hybridized carbons (Fsp3) is 0.316. The number of benzene rings is 2. The van der Waals surface area contributed by atoms with Crippen LogP contribution in [0.3, 0.4) is 0 Å². The third-order valence-corrected chi connectivity index (χ3v) is 4.87. The predicted molar refractivity (Wildman–Crippen MR) is 82.9 cm³/mol. The molecule has 2 aliphatic heterocycles. The number of nitrogens with zero attached hydrogens (tertiary/aromatic N) is 1. The molecule has 2 heterocycles. The van der Waals surface area contributed by atoms with E-state index in [4.69, 9.17) is 0 Å². The minimum Gasteiger partial charge on any atom is -0.300 e. The molecule has 2 heteroatoms. The Hall–Kier alpha value is -1.93. The van der Waals surface area contributed by atoms with Crippen LogP contribution in [0.25, 0.3) is 0 Å². The fourth-order valence-electron chi connectivity index (χ4n) is 3.77. The van der Waals surface area contributed by atoms with E-state index in [-0.39, 0.29) is 12.1 Å². The Morgan fingerprint density at radius 2 is 1.67 bits per heavy atom. The van der Waals surface area contributed by atoms with Gasteiger partial charge in [-0.1, -0.05) is 54.1 Å². The van der Waals surface area contributed by atoms with Crippen molar-refractivity contribution in [3.05, 3.63) is 70.8 Å². The lowest BCUT2D eigenvalue weighted by atomic mass is 9.89. The number of rotatable bonds is 1. The van der Waals surface area contributed by atoms with Gasteiger partial charge in [0.05, 0.1) is 0 Å². The summed E-state index contributed by atoms with van der Waals surface area (Å²) in [6.07, 6.45) is 1.31. The molecule has 0 aliphatic carbocycles. The highest BCUT2D eigenvalue weighted by Crippen LogP contribution is 2.46. The number of Topliss-reactive ketones (excluding diaryl/α,β-unsaturated/α-hetero) is 1. The van der Waals surface area contributed by atoms with E-state index in [1.165, 1.54) is 22.3 Å². The summed E-state index contributed by atoms with van der Waals surface area (Å²) in [5.41, 5.74) is 5.27. The van der Waals surface area contributed by atoms with E-state index in [9.17, 15) is 4.79 Å². The van der Waals surface area contributed by atoms with Crippen molar-refractivity contribution in [2.24, 2.45) is 0 Å². The van der Waals surface area contributed by atoms with Gasteiger partial charge in [-0.05, 0) is 23.6 Å². The molecule has 0 radical (unpaired) electrons. The Kier molecular flexibility index (Phi) is 2.93. The molecule has 0 saturated carbocycles. The summed E-state index contributed by atoms with van der Waals surface area (Å²) in [4.78, 5) is 14.8. The van der Waals surface area contributed by atoms with Gasteiger partial charge >= 0.3 is 0 Å². The molecule has 21 heavy (non-hydrogen) atoms. The Labute approximate surface area is 125 Å². The van der Waals surface area contributed by atoms with Crippen LogP contribution in [0.5, 0.6) is 0 Å². The first kappa shape index (κ1) is 12.8. The number of fused-ring (bicyclic) bond motifs is 3. The molecule has 2 aromatic carbocycles. The molecule has 2 aliphatic rings. The maximum atomic E-state index is 12.2. The number of aryl methyl sites for hydroxylation is 1. The van der Waals surface area contributed by atoms with Crippen LogP contribution < -0.4 is 0 Å². The van der Waals surface area contributed by atoms with Crippen molar-refractivity contribution < 1.29 is 4.79 Å². The fourth-order valence-corrected chi connectivity index (χ4v) is 3.77. The third kappa shape index (κ3) is 2.11. The third-order valence-electron chi connectivity index (χ3n) is 4.87. The lowest BCUT2D eigenvalue weighted by Crippen LogP contribution is -2.35. The molecule has 0 amide bonds. The highest BCUT2D eigenvalue weighted by molar-refractivity contribution is 5.81. The quantitative estimate of drug-likeness (QED) is 0.786. The Bertz CT molecular complexity index is 689. The van der Waals surface area contributed by atoms with E-state index >= 15 is 0 Å². The first-order chi connectivity index (χ1) is 10.2. The van der Waals surface area contributed by atoms with Crippen molar-refractivity contribution in [2.45, 2.75) is 38.4 Å². The van der Waals surface area contributed by atoms with Crippen LogP contribution in [0, 0.1) is 6.92 Å². The van der Waals surface area contributed by atoms with Gasteiger partial charge in [-0.25, -0.2) is 0 Å². The number of carbonyl (C=O) groups excluding carboxylic acids is 1. The van der Waals surface area contributed by atoms with Crippen LogP contribution in [0.4, 0.5) is 0 Å². The number of hydrogen-bond acceptors (Lipinski definition) is 2. The van der Waals surface area contributed by atoms with Gasteiger partial charge in [-0.3, -0.25) is 9.69 Å². The predicted octanol–water partition coefficient (Wildman–Crippen LogP) is 3.96. The molecule has 4 rings (SSSR count). The molecular weight excluding hydrogens is 258 g/mol. The smallest absolute Gasteiger partial charge is 0.136 e. The molecule has 0 N–H and O–H groups in total. The van der Waals surface area contributed by atoms with E-state index in [1.807, 2.05) is 0 Å². The number of hydrogen-bond donors (Lipinski definition) is 0. The zero-order valence-corrected chi connectivity index (χ0v) is 12.3. The summed E-state index contributed by atoms with van der Waals surface area (Å²) < 4.78 is 0. The molecule has 2 unspecified atom stereocenters. The molecule has 1 fully saturated rings. The molecule has 2 aromatic rings. The second-order valence-electron chi connectivity index (χ2n) is 6.26. The lowest BCUT2D eigenvalue weighted by molar-refractivity contribution is -0.125. The normalized spacial score (nSPS) is 24.7. The first-order valence-corrected chi connectivity index (χ1v) is 7.64. The van der Waals surface area contributed by atoms with Gasteiger partial charge < -0.3 is 0 Å². The van der Waals surface area contributed by atoms with Crippen molar-refractivity contribution in [1.29, 1.82) is 0 Å². The van der Waals surface area contributed by atoms with Gasteiger partial charge in [0.2, 0.25) is 0 Å². The zero-order chi connectivity index (χ0) is 14.4. The number of ketones is 1. The standard InChI is InChI=1S/C19H19NO/c1-13-6-8-14(9-7-13)18-10-16(21)11-19-17-5-3-2-4-15(17)12-20(18)19/h2-9,18-19H,10-12H2,1H3. The van der Waals surface area contributed by atoms with Gasteiger partial charge in [0, 0.05) is 31.5 Å². The number of piperidine rings is 1. The Morgan fingerprint density at radius 1 is 0.952 bits per heavy atom. The van der Waals surface area contributed by atoms with Crippen LogP contribution in [-0.4, -0.2) is 10.7 Å². The van der Waals surface area contributed by atoms with Crippen LogP contribution >= 0.6 is 0 Å². The maximum Gasteiger partial charge on any atom is 0.136 e. The van der Waals surface area contributed by atoms with Crippen LogP contribution in [0.1, 0.15) is 47.2 Å². The van der Waals surface area contributed by atoms with E-state index in [0.717, 1.165) is 6.54 Å². The average molecular weight is 277 g/mol. The summed E-state index contributed by atoms with van der Waals surface area (Å²) in [6.45, 7) is 3.07. The molecule has 2 nitrogen and oxygen atoms in total. The van der Waals surface area contributed by atoms with Crippen molar-refractivity contribution in [1.82, 2.24) is 4.90 Å². The maximum absolute atomic E-state index is 12.2. The summed E-state index contributed by atoms with van der Waals surface area (Å²) in [5, 5.41) is 0. The first-order valence-electron chi connectivity index (χ1n) is 7.64. The molecule has 0 spiro atoms. The van der Waals surface area contributed by atoms with Crippen LogP contribution in [0.15, 0.2) is 48.5 Å². The van der Waals surface area contributed by atoms with Crippen molar-refractivity contribution >= 4 is 5.78 Å². The van der Waals surface area contributed by atoms with E-state index in [1.54, 1.807) is 0 Å². The Morgan fingerprint density at radius 3 is 2.48 bits per heavy atom. The highest BCUT2D eigenvalue weighted by Gasteiger charge is 2.40. The van der Waals surface area contributed by atoms with Crippen LogP contribution in [-0.2, 0) is 11.3 Å². The summed E-state index contributed by atoms with van der Waals surface area (Å²) in [6, 6.07) is 17.7. The molecule has 0 bridgehead atoms. The minimum atomic E-state index is 0.226. The molecular formula is C19H19NO. The lowest BCUT2D eigenvalue weighted by Gasteiger charge is -2.37.